The standard InChI is InChI=1S/C13H24O3.C10H20O2.C9H14O3.C8H16O2/c1-10(13(2,3)4)15-12(14)16-11-8-6-5-7-9-11;1-9(2,3)7-12-8(11)10(4,5)6;1-6-7(5-9(2,3)4)12-8(10)11-6;1-6(8(3,4)5)10-7(2)9/h10-11H,5-9H2,1-4H3;7H2,1-6H3;5H2,1-4H3;6H,1-5H3. The van der Waals surface area contributed by atoms with E-state index in [1.165, 1.54) is 13.3 Å². The van der Waals surface area contributed by atoms with Crippen molar-refractivity contribution >= 4 is 18.1 Å². The van der Waals surface area contributed by atoms with Crippen LogP contribution in [0.15, 0.2) is 13.6 Å². The Bertz CT molecular complexity index is 1180. The zero-order valence-electron chi connectivity index (χ0n) is 35.3. The predicted octanol–water partition coefficient (Wildman–Crippen LogP) is 10.6. The highest BCUT2D eigenvalue weighted by molar-refractivity contribution is 5.75. The van der Waals surface area contributed by atoms with Gasteiger partial charge in [-0.15, -0.1) is 0 Å². The van der Waals surface area contributed by atoms with Crippen LogP contribution in [-0.4, -0.2) is 43.0 Å². The van der Waals surface area contributed by atoms with Gasteiger partial charge in [0.15, 0.2) is 0 Å². The molecule has 0 aliphatic heterocycles. The fraction of sp³-hybridized carbons (Fsp3) is 0.850. The van der Waals surface area contributed by atoms with Gasteiger partial charge in [-0.05, 0) is 88.9 Å². The number of rotatable bonds is 5. The molecular weight excluding hydrogens is 640 g/mol. The molecule has 0 radical (unpaired) electrons. The smallest absolute Gasteiger partial charge is 0.465 e. The minimum Gasteiger partial charge on any atom is -0.465 e. The summed E-state index contributed by atoms with van der Waals surface area (Å²) in [5.41, 5.74) is -0.200. The van der Waals surface area contributed by atoms with Crippen molar-refractivity contribution < 1.29 is 42.2 Å². The minimum atomic E-state index is -0.605. The van der Waals surface area contributed by atoms with E-state index >= 15 is 0 Å². The summed E-state index contributed by atoms with van der Waals surface area (Å²) >= 11 is 0. The molecule has 0 spiro atoms. The molecule has 1 aromatic heterocycles. The van der Waals surface area contributed by atoms with Gasteiger partial charge in [0.05, 0.1) is 12.0 Å². The van der Waals surface area contributed by atoms with Crippen molar-refractivity contribution in [3.8, 4) is 0 Å². The van der Waals surface area contributed by atoms with Crippen molar-refractivity contribution in [3.63, 3.8) is 0 Å². The van der Waals surface area contributed by atoms with E-state index in [9.17, 15) is 19.2 Å². The van der Waals surface area contributed by atoms with Gasteiger partial charge in [-0.25, -0.2) is 9.59 Å². The van der Waals surface area contributed by atoms with Crippen LogP contribution in [0.1, 0.15) is 168 Å². The minimum absolute atomic E-state index is 0.00926. The molecule has 0 saturated heterocycles. The quantitative estimate of drug-likeness (QED) is 0.214. The first-order valence-electron chi connectivity index (χ1n) is 18.1. The van der Waals surface area contributed by atoms with E-state index in [2.05, 4.69) is 20.8 Å². The maximum atomic E-state index is 11.5. The van der Waals surface area contributed by atoms with Gasteiger partial charge in [-0.1, -0.05) is 89.5 Å². The molecule has 294 valence electrons. The van der Waals surface area contributed by atoms with Crippen LogP contribution in [0.25, 0.3) is 0 Å². The Morgan fingerprint density at radius 3 is 1.50 bits per heavy atom. The summed E-state index contributed by atoms with van der Waals surface area (Å²) in [6.07, 6.45) is 5.71. The van der Waals surface area contributed by atoms with Gasteiger partial charge in [0, 0.05) is 13.3 Å². The van der Waals surface area contributed by atoms with Gasteiger partial charge in [-0.3, -0.25) is 9.59 Å². The van der Waals surface area contributed by atoms with Crippen molar-refractivity contribution in [2.24, 2.45) is 27.1 Å². The van der Waals surface area contributed by atoms with Crippen molar-refractivity contribution in [2.75, 3.05) is 6.61 Å². The Hall–Kier alpha value is -2.78. The molecule has 1 heterocycles. The monoisotopic (exact) mass is 715 g/mol. The van der Waals surface area contributed by atoms with Crippen LogP contribution in [-0.2, 0) is 35.0 Å². The number of carbonyl (C=O) groups excluding carboxylic acids is 3. The van der Waals surface area contributed by atoms with Gasteiger partial charge >= 0.3 is 23.9 Å². The third kappa shape index (κ3) is 26.1. The van der Waals surface area contributed by atoms with Crippen LogP contribution < -0.4 is 5.82 Å². The van der Waals surface area contributed by atoms with E-state index in [4.69, 9.17) is 27.8 Å². The van der Waals surface area contributed by atoms with E-state index in [1.54, 1.807) is 6.92 Å². The van der Waals surface area contributed by atoms with Gasteiger partial charge in [-0.2, -0.15) is 0 Å². The van der Waals surface area contributed by atoms with Crippen LogP contribution in [0.4, 0.5) is 4.79 Å². The van der Waals surface area contributed by atoms with Gasteiger partial charge in [0.1, 0.15) is 29.8 Å². The highest BCUT2D eigenvalue weighted by Gasteiger charge is 2.27. The first-order chi connectivity index (χ1) is 22.2. The van der Waals surface area contributed by atoms with Crippen LogP contribution in [0.3, 0.4) is 0 Å². The van der Waals surface area contributed by atoms with Gasteiger partial charge in [0.25, 0.3) is 0 Å². The summed E-state index contributed by atoms with van der Waals surface area (Å²) in [4.78, 5) is 44.0. The van der Waals surface area contributed by atoms with Crippen LogP contribution in [0.5, 0.6) is 0 Å². The zero-order chi connectivity index (χ0) is 39.9. The normalized spacial score (nSPS) is 15.3. The second kappa shape index (κ2) is 20.9. The Balaban J connectivity index is 0. The maximum absolute atomic E-state index is 11.5. The van der Waals surface area contributed by atoms with E-state index in [0.717, 1.165) is 32.1 Å². The molecule has 2 unspecified atom stereocenters. The molecule has 2 atom stereocenters. The van der Waals surface area contributed by atoms with Crippen molar-refractivity contribution in [2.45, 2.75) is 188 Å². The molecule has 0 amide bonds. The topological polar surface area (TPSA) is 131 Å². The number of carbonyl (C=O) groups is 3. The van der Waals surface area contributed by atoms with Gasteiger partial charge < -0.3 is 27.8 Å². The molecular formula is C40H74O10. The first-order valence-corrected chi connectivity index (χ1v) is 18.1. The SMILES string of the molecule is CC(=O)OC(C)C(C)(C)C.CC(C)(C)COC(=O)C(C)(C)C.CC(OC(=O)OC1CCCCC1)C(C)(C)C.Cc1oc(=O)oc1CC(C)(C)C. The van der Waals surface area contributed by atoms with Crippen molar-refractivity contribution in [1.29, 1.82) is 0 Å². The summed E-state index contributed by atoms with van der Waals surface area (Å²) in [5, 5.41) is 0. The van der Waals surface area contributed by atoms with Gasteiger partial charge in [0.2, 0.25) is 0 Å². The largest absolute Gasteiger partial charge is 0.519 e. The average molecular weight is 715 g/mol. The number of ether oxygens (including phenoxy) is 4. The molecule has 1 aliphatic rings. The molecule has 1 saturated carbocycles. The Morgan fingerprint density at radius 2 is 1.18 bits per heavy atom. The molecule has 0 bridgehead atoms. The zero-order valence-corrected chi connectivity index (χ0v) is 35.3. The van der Waals surface area contributed by atoms with Crippen LogP contribution in [0, 0.1) is 34.0 Å². The highest BCUT2D eigenvalue weighted by atomic mass is 16.7. The number of esters is 2. The van der Waals surface area contributed by atoms with Crippen molar-refractivity contribution in [1.82, 2.24) is 0 Å². The van der Waals surface area contributed by atoms with E-state index in [-0.39, 0.29) is 57.3 Å². The van der Waals surface area contributed by atoms with E-state index in [0.29, 0.717) is 18.1 Å². The third-order valence-electron chi connectivity index (χ3n) is 7.65. The molecule has 0 N–H and O–H groups in total. The lowest BCUT2D eigenvalue weighted by Crippen LogP contribution is -2.31. The summed E-state index contributed by atoms with van der Waals surface area (Å²) in [5.74, 6) is 0.314. The van der Waals surface area contributed by atoms with E-state index in [1.807, 2.05) is 96.9 Å². The van der Waals surface area contributed by atoms with Crippen molar-refractivity contribution in [3.05, 3.63) is 22.1 Å². The molecule has 10 nitrogen and oxygen atoms in total. The summed E-state index contributed by atoms with van der Waals surface area (Å²) < 4.78 is 30.3. The summed E-state index contributed by atoms with van der Waals surface area (Å²) in [7, 11) is 0. The number of hydrogen-bond acceptors (Lipinski definition) is 10. The molecule has 2 rings (SSSR count). The lowest BCUT2D eigenvalue weighted by atomic mass is 9.90. The number of aryl methyl sites for hydroxylation is 1. The Kier molecular flexibility index (Phi) is 20.6. The molecule has 10 heteroatoms. The lowest BCUT2D eigenvalue weighted by Gasteiger charge is -2.28. The molecule has 1 fully saturated rings. The van der Waals surface area contributed by atoms with E-state index < -0.39 is 12.0 Å². The molecule has 1 aromatic rings. The predicted molar refractivity (Wildman–Crippen MR) is 199 cm³/mol. The Morgan fingerprint density at radius 1 is 0.720 bits per heavy atom. The third-order valence-corrected chi connectivity index (χ3v) is 7.65. The van der Waals surface area contributed by atoms with Crippen LogP contribution in [0.2, 0.25) is 0 Å². The lowest BCUT2D eigenvalue weighted by molar-refractivity contribution is -0.155. The molecule has 1 aliphatic carbocycles. The highest BCUT2D eigenvalue weighted by Crippen LogP contribution is 2.25. The molecule has 50 heavy (non-hydrogen) atoms. The second-order valence-electron chi connectivity index (χ2n) is 18.9. The average Bonchev–Trinajstić information content (AvgIpc) is 3.21. The summed E-state index contributed by atoms with van der Waals surface area (Å²) in [6, 6.07) is 0. The summed E-state index contributed by atoms with van der Waals surface area (Å²) in [6.45, 7) is 37.7. The fourth-order valence-electron chi connectivity index (χ4n) is 3.61. The second-order valence-corrected chi connectivity index (χ2v) is 18.9. The Labute approximate surface area is 304 Å². The fourth-order valence-corrected chi connectivity index (χ4v) is 3.61. The first kappa shape index (κ1) is 49.3. The number of hydrogen-bond donors (Lipinski definition) is 0. The maximum Gasteiger partial charge on any atom is 0.519 e. The molecule has 0 aromatic carbocycles. The van der Waals surface area contributed by atoms with Crippen LogP contribution >= 0.6 is 0 Å².